The van der Waals surface area contributed by atoms with Crippen LogP contribution in [0.25, 0.3) is 71.3 Å². The van der Waals surface area contributed by atoms with Gasteiger partial charge in [-0.2, -0.15) is 0 Å². The molecule has 0 N–H and O–H groups in total. The van der Waals surface area contributed by atoms with Crippen molar-refractivity contribution in [1.29, 1.82) is 0 Å². The summed E-state index contributed by atoms with van der Waals surface area (Å²) in [6.45, 7) is 0. The van der Waals surface area contributed by atoms with Crippen molar-refractivity contribution < 1.29 is 0 Å². The van der Waals surface area contributed by atoms with Crippen LogP contribution < -0.4 is 0 Å². The van der Waals surface area contributed by atoms with E-state index in [1.165, 1.54) is 54.6 Å². The van der Waals surface area contributed by atoms with Gasteiger partial charge in [-0.05, 0) is 118 Å². The lowest BCUT2D eigenvalue weighted by molar-refractivity contribution is 1.17. The molecule has 0 aliphatic rings. The Morgan fingerprint density at radius 1 is 0.429 bits per heavy atom. The minimum Gasteiger partial charge on any atom is -0.309 e. The van der Waals surface area contributed by atoms with Crippen molar-refractivity contribution in [2.24, 2.45) is 0 Å². The zero-order valence-corrected chi connectivity index (χ0v) is 26.2. The Balaban J connectivity index is 1.37. The van der Waals surface area contributed by atoms with Gasteiger partial charge in [0.05, 0.1) is 16.1 Å². The van der Waals surface area contributed by atoms with Gasteiger partial charge in [0.15, 0.2) is 0 Å². The predicted molar refractivity (Wildman–Crippen MR) is 187 cm³/mol. The Hall–Kier alpha value is -3.89. The van der Waals surface area contributed by atoms with Crippen LogP contribution in [0.2, 0.25) is 5.02 Å². The lowest BCUT2D eigenvalue weighted by Crippen LogP contribution is -1.95. The Bertz CT molecular complexity index is 2310. The molecule has 0 radical (unpaired) electrons. The summed E-state index contributed by atoms with van der Waals surface area (Å²) in [7, 11) is 0. The summed E-state index contributed by atoms with van der Waals surface area (Å²) in [5, 5.41) is 8.16. The first kappa shape index (κ1) is 25.8. The second kappa shape index (κ2) is 10.1. The number of rotatable bonds is 3. The SMILES string of the molecule is Clc1c(Br)cc(-n2c3ccc(-c4ccccc4)cc3c3cc(-c4ccc5c(ccc6ccccc65)c4)ccc32)cc1Br. The van der Waals surface area contributed by atoms with Gasteiger partial charge in [0.2, 0.25) is 0 Å². The van der Waals surface area contributed by atoms with E-state index >= 15 is 0 Å². The first-order valence-electron chi connectivity index (χ1n) is 13.8. The van der Waals surface area contributed by atoms with Crippen molar-refractivity contribution in [2.45, 2.75) is 0 Å². The summed E-state index contributed by atoms with van der Waals surface area (Å²) in [6.07, 6.45) is 0. The fourth-order valence-electron chi connectivity index (χ4n) is 6.16. The van der Waals surface area contributed by atoms with E-state index in [1.807, 2.05) is 0 Å². The van der Waals surface area contributed by atoms with Crippen molar-refractivity contribution in [3.63, 3.8) is 0 Å². The number of hydrogen-bond donors (Lipinski definition) is 0. The Labute approximate surface area is 265 Å². The van der Waals surface area contributed by atoms with Gasteiger partial charge in [0.25, 0.3) is 0 Å². The standard InChI is InChI=1S/C38H22Br2ClN/c39-34-21-29(22-35(40)38(34)41)42-36-16-13-26(23-6-2-1-3-7-23)19-32(36)33-20-27(14-17-37(33)42)25-12-15-31-28(18-25)11-10-24-8-4-5-9-30(24)31/h1-22H. The zero-order chi connectivity index (χ0) is 28.4. The lowest BCUT2D eigenvalue weighted by Gasteiger charge is -2.11. The van der Waals surface area contributed by atoms with Crippen LogP contribution >= 0.6 is 43.5 Å². The van der Waals surface area contributed by atoms with Gasteiger partial charge >= 0.3 is 0 Å². The van der Waals surface area contributed by atoms with E-state index in [9.17, 15) is 0 Å². The molecule has 0 aliphatic heterocycles. The molecule has 1 nitrogen and oxygen atoms in total. The highest BCUT2D eigenvalue weighted by Gasteiger charge is 2.17. The van der Waals surface area contributed by atoms with Gasteiger partial charge < -0.3 is 4.57 Å². The second-order valence-electron chi connectivity index (χ2n) is 10.6. The van der Waals surface area contributed by atoms with E-state index in [0.29, 0.717) is 5.02 Å². The molecule has 1 heterocycles. The molecule has 0 bridgehead atoms. The average molecular weight is 688 g/mol. The fourth-order valence-corrected chi connectivity index (χ4v) is 7.43. The first-order chi connectivity index (χ1) is 20.5. The van der Waals surface area contributed by atoms with Gasteiger partial charge in [-0.25, -0.2) is 0 Å². The predicted octanol–water partition coefficient (Wildman–Crippen LogP) is 12.6. The summed E-state index contributed by atoms with van der Waals surface area (Å²) >= 11 is 13.8. The zero-order valence-electron chi connectivity index (χ0n) is 22.3. The average Bonchev–Trinajstić information content (AvgIpc) is 3.36. The Kier molecular flexibility index (Phi) is 6.22. The number of nitrogens with zero attached hydrogens (tertiary/aromatic N) is 1. The summed E-state index contributed by atoms with van der Waals surface area (Å²) < 4.78 is 4.02. The maximum absolute atomic E-state index is 6.50. The van der Waals surface area contributed by atoms with Gasteiger partial charge in [0.1, 0.15) is 0 Å². The summed E-state index contributed by atoms with van der Waals surface area (Å²) in [6, 6.07) is 48.2. The summed E-state index contributed by atoms with van der Waals surface area (Å²) in [5.74, 6) is 0. The van der Waals surface area contributed by atoms with E-state index in [1.54, 1.807) is 0 Å². The maximum Gasteiger partial charge on any atom is 0.0691 e. The molecule has 0 amide bonds. The van der Waals surface area contributed by atoms with Crippen LogP contribution in [0.3, 0.4) is 0 Å². The number of fused-ring (bicyclic) bond motifs is 6. The molecule has 0 atom stereocenters. The lowest BCUT2D eigenvalue weighted by atomic mass is 9.96. The summed E-state index contributed by atoms with van der Waals surface area (Å²) in [4.78, 5) is 0. The Morgan fingerprint density at radius 3 is 1.69 bits per heavy atom. The molecule has 200 valence electrons. The van der Waals surface area contributed by atoms with Gasteiger partial charge in [-0.1, -0.05) is 103 Å². The molecular weight excluding hydrogens is 666 g/mol. The molecule has 0 aliphatic carbocycles. The second-order valence-corrected chi connectivity index (χ2v) is 12.7. The first-order valence-corrected chi connectivity index (χ1v) is 15.7. The molecule has 4 heteroatoms. The summed E-state index contributed by atoms with van der Waals surface area (Å²) in [5.41, 5.74) is 8.13. The molecular formula is C38H22Br2ClN. The van der Waals surface area contributed by atoms with Crippen LogP contribution in [0.15, 0.2) is 142 Å². The largest absolute Gasteiger partial charge is 0.309 e. The molecule has 8 aromatic rings. The minimum atomic E-state index is 0.664. The van der Waals surface area contributed by atoms with Crippen molar-refractivity contribution >= 4 is 86.8 Å². The van der Waals surface area contributed by atoms with E-state index in [2.05, 4.69) is 170 Å². The van der Waals surface area contributed by atoms with Crippen molar-refractivity contribution in [1.82, 2.24) is 4.57 Å². The van der Waals surface area contributed by atoms with Crippen LogP contribution in [0.5, 0.6) is 0 Å². The molecule has 0 unspecified atom stereocenters. The maximum atomic E-state index is 6.50. The van der Waals surface area contributed by atoms with Gasteiger partial charge in [-0.15, -0.1) is 0 Å². The number of halogens is 3. The van der Waals surface area contributed by atoms with E-state index in [0.717, 1.165) is 25.7 Å². The Morgan fingerprint density at radius 2 is 0.976 bits per heavy atom. The van der Waals surface area contributed by atoms with Crippen LogP contribution in [-0.4, -0.2) is 4.57 Å². The highest BCUT2D eigenvalue weighted by atomic mass is 79.9. The van der Waals surface area contributed by atoms with E-state index in [4.69, 9.17) is 11.6 Å². The number of hydrogen-bond acceptors (Lipinski definition) is 0. The van der Waals surface area contributed by atoms with Crippen molar-refractivity contribution in [3.8, 4) is 27.9 Å². The third-order valence-corrected chi connectivity index (χ3v) is 10.3. The van der Waals surface area contributed by atoms with Crippen LogP contribution in [-0.2, 0) is 0 Å². The molecule has 0 saturated carbocycles. The van der Waals surface area contributed by atoms with E-state index in [-0.39, 0.29) is 0 Å². The molecule has 8 rings (SSSR count). The number of aromatic nitrogens is 1. The number of benzene rings is 7. The highest BCUT2D eigenvalue weighted by Crippen LogP contribution is 2.40. The molecule has 0 saturated heterocycles. The van der Waals surface area contributed by atoms with Crippen LogP contribution in [0.1, 0.15) is 0 Å². The molecule has 42 heavy (non-hydrogen) atoms. The quantitative estimate of drug-likeness (QED) is 0.129. The highest BCUT2D eigenvalue weighted by molar-refractivity contribution is 9.11. The third kappa shape index (κ3) is 4.19. The smallest absolute Gasteiger partial charge is 0.0691 e. The van der Waals surface area contributed by atoms with E-state index < -0.39 is 0 Å². The topological polar surface area (TPSA) is 4.93 Å². The molecule has 0 fully saturated rings. The van der Waals surface area contributed by atoms with Crippen molar-refractivity contribution in [2.75, 3.05) is 0 Å². The monoisotopic (exact) mass is 685 g/mol. The molecule has 0 spiro atoms. The third-order valence-electron chi connectivity index (χ3n) is 8.18. The molecule has 7 aromatic carbocycles. The molecule has 1 aromatic heterocycles. The van der Waals surface area contributed by atoms with Gasteiger partial charge in [0, 0.05) is 25.4 Å². The van der Waals surface area contributed by atoms with Crippen molar-refractivity contribution in [3.05, 3.63) is 147 Å². The van der Waals surface area contributed by atoms with Crippen LogP contribution in [0, 0.1) is 0 Å². The van der Waals surface area contributed by atoms with Crippen LogP contribution in [0.4, 0.5) is 0 Å². The van der Waals surface area contributed by atoms with Gasteiger partial charge in [-0.3, -0.25) is 0 Å². The normalized spacial score (nSPS) is 11.7. The fraction of sp³-hybridized carbons (Fsp3) is 0. The minimum absolute atomic E-state index is 0.664.